The molecule has 2 aliphatic rings. The zero-order valence-corrected chi connectivity index (χ0v) is 18.4. The van der Waals surface area contributed by atoms with E-state index in [1.54, 1.807) is 4.90 Å². The van der Waals surface area contributed by atoms with Gasteiger partial charge in [0.1, 0.15) is 5.82 Å². The topological polar surface area (TPSA) is 66.5 Å². The zero-order chi connectivity index (χ0) is 22.0. The summed E-state index contributed by atoms with van der Waals surface area (Å²) >= 11 is 0. The number of amides is 1. The van der Waals surface area contributed by atoms with Crippen molar-refractivity contribution >= 4 is 27.1 Å². The molecule has 1 N–H and O–H groups in total. The summed E-state index contributed by atoms with van der Waals surface area (Å²) in [4.78, 5) is 14.2. The minimum atomic E-state index is -4.15. The van der Waals surface area contributed by atoms with Crippen molar-refractivity contribution in [3.63, 3.8) is 0 Å². The molecule has 2 aromatic rings. The van der Waals surface area contributed by atoms with Gasteiger partial charge < -0.3 is 10.2 Å². The predicted octanol–water partition coefficient (Wildman–Crippen LogP) is 4.99. The van der Waals surface area contributed by atoms with Crippen LogP contribution in [0, 0.1) is 5.82 Å². The van der Waals surface area contributed by atoms with Crippen LogP contribution in [0.25, 0.3) is 0 Å². The Morgan fingerprint density at radius 2 is 1.74 bits per heavy atom. The van der Waals surface area contributed by atoms with Crippen molar-refractivity contribution in [2.24, 2.45) is 0 Å². The van der Waals surface area contributed by atoms with Gasteiger partial charge in [0, 0.05) is 17.9 Å². The molecule has 0 unspecified atom stereocenters. The SMILES string of the molecule is CCc1ccc(N2C=C(C(=O)NC3CCCCCC3)S(=O)(=O)c3cc(F)ccc32)cc1. The van der Waals surface area contributed by atoms with Gasteiger partial charge in [0.15, 0.2) is 4.91 Å². The van der Waals surface area contributed by atoms with E-state index in [0.717, 1.165) is 56.6 Å². The first-order valence-corrected chi connectivity index (χ1v) is 12.3. The number of nitrogens with zero attached hydrogens (tertiary/aromatic N) is 1. The molecule has 7 heteroatoms. The van der Waals surface area contributed by atoms with E-state index < -0.39 is 21.6 Å². The van der Waals surface area contributed by atoms with Crippen LogP contribution >= 0.6 is 0 Å². The van der Waals surface area contributed by atoms with E-state index in [1.807, 2.05) is 24.3 Å². The largest absolute Gasteiger partial charge is 0.349 e. The number of aryl methyl sites for hydroxylation is 1. The van der Waals surface area contributed by atoms with Gasteiger partial charge in [-0.25, -0.2) is 12.8 Å². The summed E-state index contributed by atoms with van der Waals surface area (Å²) in [5.74, 6) is -1.29. The minimum Gasteiger partial charge on any atom is -0.349 e. The van der Waals surface area contributed by atoms with Crippen LogP contribution in [0.4, 0.5) is 15.8 Å². The molecule has 1 fully saturated rings. The lowest BCUT2D eigenvalue weighted by molar-refractivity contribution is -0.117. The van der Waals surface area contributed by atoms with Crippen LogP contribution in [-0.2, 0) is 21.1 Å². The van der Waals surface area contributed by atoms with Crippen LogP contribution < -0.4 is 10.2 Å². The maximum atomic E-state index is 14.0. The van der Waals surface area contributed by atoms with E-state index in [2.05, 4.69) is 12.2 Å². The Kier molecular flexibility index (Phi) is 6.14. The van der Waals surface area contributed by atoms with Crippen molar-refractivity contribution in [3.05, 3.63) is 65.0 Å². The molecule has 0 atom stereocenters. The molecule has 164 valence electrons. The van der Waals surface area contributed by atoms with Gasteiger partial charge in [0.05, 0.1) is 10.6 Å². The Bertz CT molecular complexity index is 1100. The van der Waals surface area contributed by atoms with E-state index in [-0.39, 0.29) is 15.8 Å². The maximum Gasteiger partial charge on any atom is 0.264 e. The number of halogens is 1. The van der Waals surface area contributed by atoms with Crippen molar-refractivity contribution in [1.29, 1.82) is 0 Å². The summed E-state index contributed by atoms with van der Waals surface area (Å²) < 4.78 is 40.5. The number of benzene rings is 2. The highest BCUT2D eigenvalue weighted by atomic mass is 32.2. The highest BCUT2D eigenvalue weighted by Gasteiger charge is 2.37. The predicted molar refractivity (Wildman–Crippen MR) is 119 cm³/mol. The van der Waals surface area contributed by atoms with E-state index >= 15 is 0 Å². The molecule has 1 heterocycles. The number of hydrogen-bond donors (Lipinski definition) is 1. The molecule has 31 heavy (non-hydrogen) atoms. The molecule has 1 aliphatic heterocycles. The first-order chi connectivity index (χ1) is 14.9. The summed E-state index contributed by atoms with van der Waals surface area (Å²) in [6.07, 6.45) is 8.20. The van der Waals surface area contributed by atoms with Crippen LogP contribution in [-0.4, -0.2) is 20.4 Å². The first-order valence-electron chi connectivity index (χ1n) is 10.9. The fourth-order valence-corrected chi connectivity index (χ4v) is 5.74. The molecule has 5 nitrogen and oxygen atoms in total. The van der Waals surface area contributed by atoms with Gasteiger partial charge in [-0.2, -0.15) is 0 Å². The highest BCUT2D eigenvalue weighted by molar-refractivity contribution is 7.96. The molecule has 0 saturated heterocycles. The molecule has 0 spiro atoms. The molecule has 0 radical (unpaired) electrons. The standard InChI is InChI=1S/C24H27FN2O3S/c1-2-17-9-12-20(13-10-17)27-16-23(24(28)26-19-7-5-3-4-6-8-19)31(29,30)22-15-18(25)11-14-21(22)27/h9-16,19H,2-8H2,1H3,(H,26,28). The summed E-state index contributed by atoms with van der Waals surface area (Å²) in [7, 11) is -4.15. The Balaban J connectivity index is 1.75. The molecule has 0 aromatic heterocycles. The van der Waals surface area contributed by atoms with Crippen LogP contribution in [0.1, 0.15) is 51.0 Å². The second kappa shape index (κ2) is 8.83. The lowest BCUT2D eigenvalue weighted by Gasteiger charge is -2.29. The third kappa shape index (κ3) is 4.37. The normalized spacial score (nSPS) is 18.6. The summed E-state index contributed by atoms with van der Waals surface area (Å²) in [6, 6.07) is 11.3. The molecule has 0 bridgehead atoms. The van der Waals surface area contributed by atoms with Crippen LogP contribution in [0.15, 0.2) is 58.5 Å². The van der Waals surface area contributed by atoms with E-state index in [0.29, 0.717) is 11.4 Å². The lowest BCUT2D eigenvalue weighted by Crippen LogP contribution is -2.39. The number of carbonyl (C=O) groups is 1. The average Bonchev–Trinajstić information content (AvgIpc) is 3.03. The second-order valence-corrected chi connectivity index (χ2v) is 10.0. The van der Waals surface area contributed by atoms with Crippen LogP contribution in [0.2, 0.25) is 0 Å². The Morgan fingerprint density at radius 3 is 2.39 bits per heavy atom. The van der Waals surface area contributed by atoms with E-state index in [9.17, 15) is 17.6 Å². The lowest BCUT2D eigenvalue weighted by atomic mass is 10.1. The maximum absolute atomic E-state index is 14.0. The number of nitrogens with one attached hydrogen (secondary N) is 1. The monoisotopic (exact) mass is 442 g/mol. The van der Waals surface area contributed by atoms with Crippen molar-refractivity contribution in [2.45, 2.75) is 62.8 Å². The van der Waals surface area contributed by atoms with Crippen molar-refractivity contribution in [2.75, 3.05) is 4.90 Å². The zero-order valence-electron chi connectivity index (χ0n) is 17.6. The highest BCUT2D eigenvalue weighted by Crippen LogP contribution is 2.40. The second-order valence-electron chi connectivity index (χ2n) is 8.16. The summed E-state index contributed by atoms with van der Waals surface area (Å²) in [5.41, 5.74) is 2.18. The summed E-state index contributed by atoms with van der Waals surface area (Å²) in [6.45, 7) is 2.05. The molecule has 1 amide bonds. The van der Waals surface area contributed by atoms with Crippen molar-refractivity contribution in [1.82, 2.24) is 5.32 Å². The van der Waals surface area contributed by atoms with Gasteiger partial charge >= 0.3 is 0 Å². The first kappa shape index (κ1) is 21.6. The van der Waals surface area contributed by atoms with Gasteiger partial charge in [-0.1, -0.05) is 44.7 Å². The van der Waals surface area contributed by atoms with E-state index in [1.165, 1.54) is 18.3 Å². The van der Waals surface area contributed by atoms with Gasteiger partial charge in [-0.15, -0.1) is 0 Å². The van der Waals surface area contributed by atoms with Crippen LogP contribution in [0.3, 0.4) is 0 Å². The number of carbonyl (C=O) groups excluding carboxylic acids is 1. The molecule has 1 aliphatic carbocycles. The quantitative estimate of drug-likeness (QED) is 0.677. The fraction of sp³-hybridized carbons (Fsp3) is 0.375. The molecule has 1 saturated carbocycles. The average molecular weight is 443 g/mol. The minimum absolute atomic E-state index is 0.0442. The van der Waals surface area contributed by atoms with Gasteiger partial charge in [0.2, 0.25) is 9.84 Å². The fourth-order valence-electron chi connectivity index (χ4n) is 4.24. The molecule has 2 aromatic carbocycles. The third-order valence-corrected chi connectivity index (χ3v) is 7.82. The van der Waals surface area contributed by atoms with Gasteiger partial charge in [0.25, 0.3) is 5.91 Å². The van der Waals surface area contributed by atoms with Crippen molar-refractivity contribution < 1.29 is 17.6 Å². The third-order valence-electron chi connectivity index (χ3n) is 6.04. The Labute approximate surface area is 182 Å². The van der Waals surface area contributed by atoms with Crippen LogP contribution in [0.5, 0.6) is 0 Å². The molecular formula is C24H27FN2O3S. The summed E-state index contributed by atoms with van der Waals surface area (Å²) in [5, 5.41) is 2.91. The van der Waals surface area contributed by atoms with Gasteiger partial charge in [-0.05, 0) is 55.2 Å². The number of fused-ring (bicyclic) bond motifs is 1. The molecule has 4 rings (SSSR count). The van der Waals surface area contributed by atoms with Crippen molar-refractivity contribution in [3.8, 4) is 0 Å². The Hall–Kier alpha value is -2.67. The Morgan fingerprint density at radius 1 is 1.06 bits per heavy atom. The molecular weight excluding hydrogens is 415 g/mol. The number of rotatable bonds is 4. The van der Waals surface area contributed by atoms with Gasteiger partial charge in [-0.3, -0.25) is 4.79 Å². The number of anilines is 2. The van der Waals surface area contributed by atoms with E-state index in [4.69, 9.17) is 0 Å². The smallest absolute Gasteiger partial charge is 0.264 e. The number of hydrogen-bond acceptors (Lipinski definition) is 4. The number of sulfone groups is 1.